The van der Waals surface area contributed by atoms with Gasteiger partial charge in [-0.25, -0.2) is 0 Å². The van der Waals surface area contributed by atoms with Crippen molar-refractivity contribution in [3.63, 3.8) is 0 Å². The van der Waals surface area contributed by atoms with Crippen molar-refractivity contribution in [3.05, 3.63) is 0 Å². The van der Waals surface area contributed by atoms with Crippen LogP contribution in [0.2, 0.25) is 0 Å². The molecule has 0 heterocycles. The molecule has 0 aliphatic heterocycles. The number of hydrogen-bond acceptors (Lipinski definition) is 1. The van der Waals surface area contributed by atoms with Crippen LogP contribution in [0.4, 0.5) is 0 Å². The largest absolute Gasteiger partial charge is 0.327 e. The summed E-state index contributed by atoms with van der Waals surface area (Å²) in [4.78, 5) is 0. The molecule has 2 heteroatoms. The van der Waals surface area contributed by atoms with Crippen molar-refractivity contribution in [2.24, 2.45) is 16.6 Å². The zero-order chi connectivity index (χ0) is 7.99. The predicted molar refractivity (Wildman–Crippen MR) is 52.0 cm³/mol. The summed E-state index contributed by atoms with van der Waals surface area (Å²) >= 11 is 0. The molecule has 0 bridgehead atoms. The summed E-state index contributed by atoms with van der Waals surface area (Å²) in [5.74, 6) is 0. The maximum atomic E-state index is 6.09. The molecule has 1 fully saturated rings. The van der Waals surface area contributed by atoms with Gasteiger partial charge in [-0.05, 0) is 23.7 Å². The molecule has 0 atom stereocenters. The van der Waals surface area contributed by atoms with Crippen molar-refractivity contribution in [2.75, 3.05) is 0 Å². The maximum Gasteiger partial charge on any atom is 0.0142 e. The van der Waals surface area contributed by atoms with Gasteiger partial charge in [0.15, 0.2) is 0 Å². The van der Waals surface area contributed by atoms with E-state index >= 15 is 0 Å². The normalized spacial score (nSPS) is 28.1. The van der Waals surface area contributed by atoms with Crippen molar-refractivity contribution in [3.8, 4) is 0 Å². The average molecular weight is 178 g/mol. The Morgan fingerprint density at radius 2 is 1.27 bits per heavy atom. The van der Waals surface area contributed by atoms with Crippen molar-refractivity contribution in [1.82, 2.24) is 0 Å². The van der Waals surface area contributed by atoms with Crippen molar-refractivity contribution in [2.45, 2.75) is 46.6 Å². The molecule has 0 amide bonds. The average Bonchev–Trinajstić information content (AvgIpc) is 1.95. The third-order valence-electron chi connectivity index (χ3n) is 3.10. The van der Waals surface area contributed by atoms with Crippen LogP contribution in [-0.2, 0) is 0 Å². The van der Waals surface area contributed by atoms with Crippen LogP contribution in [0.3, 0.4) is 0 Å². The van der Waals surface area contributed by atoms with E-state index in [-0.39, 0.29) is 12.4 Å². The van der Waals surface area contributed by atoms with E-state index in [9.17, 15) is 0 Å². The predicted octanol–water partition coefficient (Wildman–Crippen LogP) is 2.58. The van der Waals surface area contributed by atoms with E-state index in [4.69, 9.17) is 5.73 Å². The van der Waals surface area contributed by atoms with Gasteiger partial charge in [0, 0.05) is 6.04 Å². The number of halogens is 1. The molecule has 1 nitrogen and oxygen atoms in total. The molecule has 2 N–H and O–H groups in total. The topological polar surface area (TPSA) is 26.0 Å². The molecule has 0 aromatic heterocycles. The Kier molecular flexibility index (Phi) is 3.01. The molecular weight excluding hydrogens is 158 g/mol. The Labute approximate surface area is 76.1 Å². The van der Waals surface area contributed by atoms with Crippen LogP contribution in [0.5, 0.6) is 0 Å². The first-order valence-electron chi connectivity index (χ1n) is 4.12. The first-order chi connectivity index (χ1) is 4.36. The SMILES string of the molecule is CC1(C)CCC(C)(C)C1N.Cl. The van der Waals surface area contributed by atoms with Crippen molar-refractivity contribution < 1.29 is 0 Å². The molecule has 1 aliphatic carbocycles. The fourth-order valence-electron chi connectivity index (χ4n) is 2.01. The van der Waals surface area contributed by atoms with E-state index in [2.05, 4.69) is 27.7 Å². The Morgan fingerprint density at radius 1 is 1.00 bits per heavy atom. The molecule has 0 saturated heterocycles. The van der Waals surface area contributed by atoms with E-state index in [0.29, 0.717) is 16.9 Å². The highest BCUT2D eigenvalue weighted by Crippen LogP contribution is 2.47. The molecule has 11 heavy (non-hydrogen) atoms. The summed E-state index contributed by atoms with van der Waals surface area (Å²) in [7, 11) is 0. The summed E-state index contributed by atoms with van der Waals surface area (Å²) < 4.78 is 0. The number of hydrogen-bond donors (Lipinski definition) is 1. The fraction of sp³-hybridized carbons (Fsp3) is 1.00. The van der Waals surface area contributed by atoms with Gasteiger partial charge >= 0.3 is 0 Å². The molecule has 0 aromatic carbocycles. The van der Waals surface area contributed by atoms with Crippen LogP contribution in [0.25, 0.3) is 0 Å². The third-order valence-corrected chi connectivity index (χ3v) is 3.10. The Hall–Kier alpha value is 0.250. The van der Waals surface area contributed by atoms with Crippen molar-refractivity contribution >= 4 is 12.4 Å². The highest BCUT2D eigenvalue weighted by molar-refractivity contribution is 5.85. The van der Waals surface area contributed by atoms with Gasteiger partial charge < -0.3 is 5.73 Å². The summed E-state index contributed by atoms with van der Waals surface area (Å²) in [5.41, 5.74) is 6.82. The summed E-state index contributed by atoms with van der Waals surface area (Å²) in [6, 6.07) is 0.375. The third kappa shape index (κ3) is 1.88. The summed E-state index contributed by atoms with van der Waals surface area (Å²) in [5, 5.41) is 0. The van der Waals surface area contributed by atoms with E-state index in [1.807, 2.05) is 0 Å². The molecule has 1 rings (SSSR count). The highest BCUT2D eigenvalue weighted by atomic mass is 35.5. The van der Waals surface area contributed by atoms with Crippen LogP contribution >= 0.6 is 12.4 Å². The standard InChI is InChI=1S/C9H19N.ClH/c1-8(2)5-6-9(3,4)7(8)10;/h7H,5-6,10H2,1-4H3;1H. The second kappa shape index (κ2) is 2.95. The number of nitrogens with two attached hydrogens (primary N) is 1. The summed E-state index contributed by atoms with van der Waals surface area (Å²) in [6.45, 7) is 9.08. The van der Waals surface area contributed by atoms with Crippen LogP contribution in [0.1, 0.15) is 40.5 Å². The second-order valence-corrected chi connectivity index (χ2v) is 4.95. The highest BCUT2D eigenvalue weighted by Gasteiger charge is 2.44. The van der Waals surface area contributed by atoms with Crippen molar-refractivity contribution in [1.29, 1.82) is 0 Å². The van der Waals surface area contributed by atoms with E-state index in [1.165, 1.54) is 12.8 Å². The molecule has 0 radical (unpaired) electrons. The van der Waals surface area contributed by atoms with Crippen LogP contribution in [0.15, 0.2) is 0 Å². The molecule has 1 aliphatic rings. The minimum absolute atomic E-state index is 0. The molecule has 0 unspecified atom stereocenters. The maximum absolute atomic E-state index is 6.09. The smallest absolute Gasteiger partial charge is 0.0142 e. The van der Waals surface area contributed by atoms with Gasteiger partial charge in [-0.1, -0.05) is 27.7 Å². The fourth-order valence-corrected chi connectivity index (χ4v) is 2.01. The molecule has 0 spiro atoms. The Morgan fingerprint density at radius 3 is 1.36 bits per heavy atom. The monoisotopic (exact) mass is 177 g/mol. The van der Waals surface area contributed by atoms with Gasteiger partial charge in [-0.2, -0.15) is 0 Å². The lowest BCUT2D eigenvalue weighted by Gasteiger charge is -2.31. The van der Waals surface area contributed by atoms with E-state index in [1.54, 1.807) is 0 Å². The first-order valence-corrected chi connectivity index (χ1v) is 4.12. The number of rotatable bonds is 0. The molecule has 1 saturated carbocycles. The van der Waals surface area contributed by atoms with Crippen LogP contribution in [0, 0.1) is 10.8 Å². The lowest BCUT2D eigenvalue weighted by atomic mass is 9.79. The van der Waals surface area contributed by atoms with Gasteiger partial charge in [0.1, 0.15) is 0 Å². The van der Waals surface area contributed by atoms with E-state index in [0.717, 1.165) is 0 Å². The molecular formula is C9H20ClN. The minimum Gasteiger partial charge on any atom is -0.327 e. The second-order valence-electron chi connectivity index (χ2n) is 4.95. The van der Waals surface area contributed by atoms with Gasteiger partial charge in [-0.15, -0.1) is 12.4 Å². The van der Waals surface area contributed by atoms with Gasteiger partial charge in [0.2, 0.25) is 0 Å². The summed E-state index contributed by atoms with van der Waals surface area (Å²) in [6.07, 6.45) is 2.56. The van der Waals surface area contributed by atoms with Crippen LogP contribution in [-0.4, -0.2) is 6.04 Å². The van der Waals surface area contributed by atoms with Gasteiger partial charge in [0.25, 0.3) is 0 Å². The van der Waals surface area contributed by atoms with Gasteiger partial charge in [-0.3, -0.25) is 0 Å². The van der Waals surface area contributed by atoms with Gasteiger partial charge in [0.05, 0.1) is 0 Å². The minimum atomic E-state index is 0. The zero-order valence-corrected chi connectivity index (χ0v) is 8.79. The lowest BCUT2D eigenvalue weighted by molar-refractivity contribution is 0.242. The molecule has 68 valence electrons. The molecule has 0 aromatic rings. The first kappa shape index (κ1) is 11.2. The lowest BCUT2D eigenvalue weighted by Crippen LogP contribution is -2.41. The zero-order valence-electron chi connectivity index (χ0n) is 7.98. The Balaban J connectivity index is 0.000001000. The Bertz CT molecular complexity index is 124. The quantitative estimate of drug-likeness (QED) is 0.605. The van der Waals surface area contributed by atoms with Crippen LogP contribution < -0.4 is 5.73 Å². The van der Waals surface area contributed by atoms with E-state index < -0.39 is 0 Å².